The van der Waals surface area contributed by atoms with E-state index in [-0.39, 0.29) is 24.1 Å². The number of amides is 2. The van der Waals surface area contributed by atoms with Crippen LogP contribution in [0.1, 0.15) is 59.5 Å². The van der Waals surface area contributed by atoms with Crippen molar-refractivity contribution in [1.29, 1.82) is 5.41 Å². The minimum atomic E-state index is -0.272. The van der Waals surface area contributed by atoms with E-state index in [1.54, 1.807) is 0 Å². The third kappa shape index (κ3) is 5.29. The Kier molecular flexibility index (Phi) is 7.69. The number of carbonyl (C=O) groups is 2. The van der Waals surface area contributed by atoms with Crippen LogP contribution in [0.15, 0.2) is 53.1 Å². The molecule has 0 bridgehead atoms. The van der Waals surface area contributed by atoms with Gasteiger partial charge in [-0.1, -0.05) is 49.6 Å². The number of rotatable bonds is 6. The average molecular weight is 553 g/mol. The third-order valence-corrected chi connectivity index (χ3v) is 8.50. The van der Waals surface area contributed by atoms with Crippen molar-refractivity contribution in [3.05, 3.63) is 64.7 Å². The van der Waals surface area contributed by atoms with Crippen LogP contribution in [0.2, 0.25) is 0 Å². The average Bonchev–Trinajstić information content (AvgIpc) is 3.22. The summed E-state index contributed by atoms with van der Waals surface area (Å²) in [6.07, 6.45) is 9.20. The lowest BCUT2D eigenvalue weighted by molar-refractivity contribution is -0.131. The molecule has 3 heterocycles. The summed E-state index contributed by atoms with van der Waals surface area (Å²) in [5, 5.41) is 15.1. The Balaban J connectivity index is 1.49. The number of benzene rings is 2. The number of nitrogens with two attached hydrogens (primary N) is 1. The largest absolute Gasteiger partial charge is 0.378 e. The lowest BCUT2D eigenvalue weighted by atomic mass is 9.81. The molecule has 212 valence electrons. The predicted molar refractivity (Wildman–Crippen MR) is 161 cm³/mol. The van der Waals surface area contributed by atoms with Gasteiger partial charge in [-0.15, -0.1) is 0 Å². The number of fused-ring (bicyclic) bond motifs is 5. The molecule has 0 atom stereocenters. The van der Waals surface area contributed by atoms with Crippen molar-refractivity contribution in [3.8, 4) is 11.3 Å². The molecule has 2 fully saturated rings. The summed E-state index contributed by atoms with van der Waals surface area (Å²) in [5.41, 5.74) is 6.95. The minimum absolute atomic E-state index is 0.0332. The van der Waals surface area contributed by atoms with E-state index < -0.39 is 0 Å². The highest BCUT2D eigenvalue weighted by atomic mass is 16.5. The van der Waals surface area contributed by atoms with Gasteiger partial charge in [-0.25, -0.2) is 0 Å². The van der Waals surface area contributed by atoms with Gasteiger partial charge in [-0.05, 0) is 48.1 Å². The van der Waals surface area contributed by atoms with E-state index in [1.165, 1.54) is 31.0 Å². The normalized spacial score (nSPS) is 17.6. The van der Waals surface area contributed by atoms with Gasteiger partial charge in [0.2, 0.25) is 0 Å². The summed E-state index contributed by atoms with van der Waals surface area (Å²) in [7, 11) is 0. The minimum Gasteiger partial charge on any atom is -0.378 e. The van der Waals surface area contributed by atoms with Crippen molar-refractivity contribution >= 4 is 40.7 Å². The van der Waals surface area contributed by atoms with Crippen molar-refractivity contribution in [1.82, 2.24) is 14.8 Å². The Morgan fingerprint density at radius 1 is 1.10 bits per heavy atom. The number of nitrogens with zero attached hydrogens (tertiary/aromatic N) is 3. The molecule has 0 radical (unpaired) electrons. The fourth-order valence-electron chi connectivity index (χ4n) is 6.53. The molecule has 6 rings (SSSR count). The van der Waals surface area contributed by atoms with Crippen LogP contribution in [0.4, 0.5) is 0 Å². The van der Waals surface area contributed by atoms with Crippen LogP contribution in [-0.4, -0.2) is 66.1 Å². The fraction of sp³-hybridized carbons (Fsp3) is 0.375. The summed E-state index contributed by atoms with van der Waals surface area (Å²) in [6.45, 7) is 2.72. The number of aromatic nitrogens is 1. The van der Waals surface area contributed by atoms with Crippen molar-refractivity contribution in [2.24, 2.45) is 10.9 Å². The highest BCUT2D eigenvalue weighted by Gasteiger charge is 2.31. The lowest BCUT2D eigenvalue weighted by Gasteiger charge is -2.28. The van der Waals surface area contributed by atoms with E-state index in [2.05, 4.69) is 45.3 Å². The van der Waals surface area contributed by atoms with Crippen LogP contribution in [0, 0.1) is 5.41 Å². The lowest BCUT2D eigenvalue weighted by Crippen LogP contribution is -2.41. The van der Waals surface area contributed by atoms with Gasteiger partial charge >= 0.3 is 0 Å². The molecule has 9 heteroatoms. The van der Waals surface area contributed by atoms with Crippen LogP contribution in [0.25, 0.3) is 28.2 Å². The summed E-state index contributed by atoms with van der Waals surface area (Å²) < 4.78 is 7.76. The van der Waals surface area contributed by atoms with Gasteiger partial charge in [0, 0.05) is 40.7 Å². The number of carbonyl (C=O) groups excluding carboxylic acids is 2. The smallest absolute Gasteiger partial charge is 0.251 e. The molecule has 41 heavy (non-hydrogen) atoms. The molecule has 3 aromatic rings. The first-order chi connectivity index (χ1) is 20.0. The number of morpholine rings is 1. The predicted octanol–water partition coefficient (Wildman–Crippen LogP) is 4.31. The number of ether oxygens (including phenoxy) is 1. The van der Waals surface area contributed by atoms with E-state index in [1.807, 2.05) is 23.1 Å². The topological polar surface area (TPSA) is 126 Å². The van der Waals surface area contributed by atoms with Gasteiger partial charge in [0.1, 0.15) is 0 Å². The second-order valence-corrected chi connectivity index (χ2v) is 11.1. The molecule has 2 aromatic carbocycles. The van der Waals surface area contributed by atoms with Gasteiger partial charge in [0.05, 0.1) is 43.9 Å². The van der Waals surface area contributed by atoms with Crippen LogP contribution < -0.4 is 11.2 Å². The first-order valence-corrected chi connectivity index (χ1v) is 14.5. The maximum absolute atomic E-state index is 13.8. The number of nitrogens with one attached hydrogen (secondary N) is 2. The molecule has 0 spiro atoms. The van der Waals surface area contributed by atoms with E-state index in [4.69, 9.17) is 16.0 Å². The van der Waals surface area contributed by atoms with E-state index in [0.717, 1.165) is 46.1 Å². The van der Waals surface area contributed by atoms with Crippen LogP contribution in [0.5, 0.6) is 0 Å². The van der Waals surface area contributed by atoms with Crippen LogP contribution >= 0.6 is 0 Å². The van der Waals surface area contributed by atoms with Gasteiger partial charge in [0.15, 0.2) is 0 Å². The van der Waals surface area contributed by atoms with Gasteiger partial charge in [-0.2, -0.15) is 5.10 Å². The molecule has 1 aliphatic carbocycles. The zero-order valence-electron chi connectivity index (χ0n) is 23.2. The fourth-order valence-corrected chi connectivity index (χ4v) is 6.53. The Hall–Kier alpha value is -4.24. The molecule has 2 amide bonds. The van der Waals surface area contributed by atoms with E-state index in [9.17, 15) is 9.59 Å². The Bertz CT molecular complexity index is 1560. The van der Waals surface area contributed by atoms with Gasteiger partial charge in [-0.3, -0.25) is 9.59 Å². The van der Waals surface area contributed by atoms with E-state index >= 15 is 0 Å². The highest BCUT2D eigenvalue weighted by molar-refractivity contribution is 6.30. The maximum Gasteiger partial charge on any atom is 0.251 e. The number of hydrogen-bond acceptors (Lipinski definition) is 6. The third-order valence-electron chi connectivity index (χ3n) is 8.50. The van der Waals surface area contributed by atoms with Crippen LogP contribution in [-0.2, 0) is 16.1 Å². The molecular formula is C32H36N6O3. The maximum atomic E-state index is 13.8. The Morgan fingerprint density at radius 2 is 1.88 bits per heavy atom. The van der Waals surface area contributed by atoms with E-state index in [0.29, 0.717) is 44.3 Å². The number of hydrogen-bond donors (Lipinski definition) is 3. The first-order valence-electron chi connectivity index (χ1n) is 14.5. The molecule has 9 nitrogen and oxygen atoms in total. The molecule has 1 saturated heterocycles. The molecule has 3 aliphatic rings. The van der Waals surface area contributed by atoms with Crippen molar-refractivity contribution in [2.75, 3.05) is 32.8 Å². The SMILES string of the molecule is N=C(C=NN)CNC(=O)c1ccc2c(C3CCCCC3)c3n(c2c1)CC(C(=O)N1CCOCC1)=Cc1ccccc1-3. The molecule has 1 aromatic heterocycles. The second kappa shape index (κ2) is 11.7. The Morgan fingerprint density at radius 3 is 2.66 bits per heavy atom. The molecule has 2 aliphatic heterocycles. The van der Waals surface area contributed by atoms with Crippen molar-refractivity contribution < 1.29 is 14.3 Å². The zero-order chi connectivity index (χ0) is 28.3. The quantitative estimate of drug-likeness (QED) is 0.239. The molecule has 0 unspecified atom stereocenters. The zero-order valence-corrected chi connectivity index (χ0v) is 23.2. The van der Waals surface area contributed by atoms with Crippen molar-refractivity contribution in [3.63, 3.8) is 0 Å². The molecule has 1 saturated carbocycles. The van der Waals surface area contributed by atoms with Gasteiger partial charge in [0.25, 0.3) is 11.8 Å². The van der Waals surface area contributed by atoms with Gasteiger partial charge < -0.3 is 30.8 Å². The first kappa shape index (κ1) is 27.0. The summed E-state index contributed by atoms with van der Waals surface area (Å²) in [5.74, 6) is 5.32. The number of hydrazone groups is 1. The monoisotopic (exact) mass is 552 g/mol. The van der Waals surface area contributed by atoms with Crippen molar-refractivity contribution in [2.45, 2.75) is 44.6 Å². The Labute approximate surface area is 239 Å². The summed E-state index contributed by atoms with van der Waals surface area (Å²) >= 11 is 0. The molecular weight excluding hydrogens is 516 g/mol. The summed E-state index contributed by atoms with van der Waals surface area (Å²) in [4.78, 5) is 28.9. The molecule has 4 N–H and O–H groups in total. The standard InChI is InChI=1S/C32H36N6O3/c33-25(19-36-34)18-35-31(39)23-10-11-27-28(17-23)38-20-24(32(40)37-12-14-41-15-13-37)16-22-8-4-5-9-26(22)30(38)29(27)21-6-2-1-3-7-21/h4-5,8-11,16-17,19,21,33H,1-3,6-7,12-15,18,20,34H2,(H,35,39). The highest BCUT2D eigenvalue weighted by Crippen LogP contribution is 2.46. The second-order valence-electron chi connectivity index (χ2n) is 11.1. The summed E-state index contributed by atoms with van der Waals surface area (Å²) in [6, 6.07) is 14.2. The van der Waals surface area contributed by atoms with Crippen LogP contribution in [0.3, 0.4) is 0 Å².